The smallest absolute Gasteiger partial charge is 0.338 e. The van der Waals surface area contributed by atoms with Crippen LogP contribution in [0, 0.1) is 333 Å². The Morgan fingerprint density at radius 3 is 0.796 bits per heavy atom. The van der Waals surface area contributed by atoms with Crippen molar-refractivity contribution in [2.24, 2.45) is 90.1 Å². The van der Waals surface area contributed by atoms with Crippen LogP contribution in [-0.2, 0) is 65.0 Å². The first-order valence-electron chi connectivity index (χ1n) is 29.8. The molecule has 0 fully saturated rings. The van der Waals surface area contributed by atoms with E-state index in [4.69, 9.17) is 32.4 Å². The Kier molecular flexibility index (Phi) is 59.0. The van der Waals surface area contributed by atoms with Gasteiger partial charge in [0.05, 0.1) is 61.8 Å². The number of carbonyl (C=O) groups is 6. The van der Waals surface area contributed by atoms with Gasteiger partial charge in [0.1, 0.15) is 0 Å². The van der Waals surface area contributed by atoms with E-state index in [9.17, 15) is 39.0 Å². The molecule has 103 heavy (non-hydrogen) atoms. The van der Waals surface area contributed by atoms with Crippen molar-refractivity contribution in [1.29, 1.82) is 0 Å². The van der Waals surface area contributed by atoms with E-state index in [2.05, 4.69) is 317 Å². The predicted molar refractivity (Wildman–Crippen MR) is 377 cm³/mol. The number of carboxylic acid groups (broad SMARTS) is 2. The van der Waals surface area contributed by atoms with Gasteiger partial charge in [0, 0.05) is 170 Å². The van der Waals surface area contributed by atoms with Crippen LogP contribution in [0.4, 0.5) is 0 Å². The fraction of sp³-hybridized carbons (Fsp3) is 0.341. The second-order valence-corrected chi connectivity index (χ2v) is 19.9. The van der Waals surface area contributed by atoms with Crippen molar-refractivity contribution in [2.75, 3.05) is 14.2 Å². The molecule has 0 aliphatic rings. The van der Waals surface area contributed by atoms with Crippen molar-refractivity contribution in [2.45, 2.75) is 119 Å². The van der Waals surface area contributed by atoms with E-state index in [0.717, 1.165) is 25.7 Å². The summed E-state index contributed by atoms with van der Waals surface area (Å²) in [6.45, 7) is 20.7. The normalized spacial score (nSPS) is 11.1. The molecule has 20 nitrogen and oxygen atoms in total. The third-order valence-corrected chi connectivity index (χ3v) is 12.3. The van der Waals surface area contributed by atoms with E-state index >= 15 is 0 Å². The van der Waals surface area contributed by atoms with Crippen LogP contribution in [0.15, 0.2) is 20.8 Å². The maximum Gasteiger partial charge on any atom is 0.338 e. The van der Waals surface area contributed by atoms with Gasteiger partial charge in [-0.2, -0.15) is 23.7 Å². The number of carbonyl (C=O) groups excluding carboxylic acids is 4. The molecule has 0 saturated carbocycles. The monoisotopic (exact) mass is 1420 g/mol. The van der Waals surface area contributed by atoms with Crippen LogP contribution in [-0.4, -0.2) is 60.2 Å². The van der Waals surface area contributed by atoms with Crippen molar-refractivity contribution in [3.8, 4) is 261 Å². The van der Waals surface area contributed by atoms with Gasteiger partial charge in [0.15, 0.2) is 0 Å². The van der Waals surface area contributed by atoms with Crippen LogP contribution < -0.4 is 22.9 Å². The van der Waals surface area contributed by atoms with E-state index in [-0.39, 0.29) is 54.6 Å². The van der Waals surface area contributed by atoms with Crippen molar-refractivity contribution >= 4 is 35.8 Å². The second kappa shape index (κ2) is 64.7. The Morgan fingerprint density at radius 1 is 0.379 bits per heavy atom. The summed E-state index contributed by atoms with van der Waals surface area (Å²) >= 11 is 0. The number of rotatable bonds is 30. The Labute approximate surface area is 617 Å². The summed E-state index contributed by atoms with van der Waals surface area (Å²) in [5.41, 5.74) is 19.2. The molecule has 519 valence electrons. The molecular formula is C82H64CuN8O12-4. The minimum Gasteiger partial charge on any atom is -0.508 e. The number of nitrogens with zero attached hydrogens (tertiary/aromatic N) is 4. The minimum absolute atomic E-state index is 0. The fourth-order valence-electron chi connectivity index (χ4n) is 7.72. The summed E-state index contributed by atoms with van der Waals surface area (Å²) in [4.78, 5) is 83.6. The molecule has 0 bridgehead atoms. The minimum atomic E-state index is -1.71. The van der Waals surface area contributed by atoms with Crippen molar-refractivity contribution in [1.82, 2.24) is 0 Å². The quantitative estimate of drug-likeness (QED) is 0.0107. The Morgan fingerprint density at radius 2 is 0.602 bits per heavy atom. The van der Waals surface area contributed by atoms with Crippen LogP contribution in [0.25, 0.3) is 0 Å². The van der Waals surface area contributed by atoms with Gasteiger partial charge in [0.2, 0.25) is 0 Å². The molecule has 10 N–H and O–H groups in total. The molecule has 0 amide bonds. The van der Waals surface area contributed by atoms with Crippen LogP contribution in [0.3, 0.4) is 0 Å². The number of esters is 2. The summed E-state index contributed by atoms with van der Waals surface area (Å²) in [7, 11) is 2.38. The van der Waals surface area contributed by atoms with E-state index in [1.165, 1.54) is 28.1 Å². The third kappa shape index (κ3) is 52.5. The van der Waals surface area contributed by atoms with Crippen LogP contribution in [0.2, 0.25) is 0 Å². The van der Waals surface area contributed by atoms with Crippen LogP contribution >= 0.6 is 0 Å². The number of nitrogens with two attached hydrogens (primary N) is 4. The Balaban J connectivity index is -0.00000192. The van der Waals surface area contributed by atoms with Gasteiger partial charge in [-0.1, -0.05) is 74.4 Å². The first-order valence-corrected chi connectivity index (χ1v) is 29.8. The first-order chi connectivity index (χ1) is 49.3. The van der Waals surface area contributed by atoms with E-state index in [1.807, 2.05) is 13.8 Å². The molecule has 0 aromatic rings. The maximum absolute atomic E-state index is 12.6. The first kappa shape index (κ1) is 93.9. The topological polar surface area (TPSA) is 333 Å². The molecule has 0 spiro atoms. The summed E-state index contributed by atoms with van der Waals surface area (Å²) in [6.07, 6.45) is 2.74. The van der Waals surface area contributed by atoms with E-state index in [0.29, 0.717) is 12.8 Å². The van der Waals surface area contributed by atoms with Crippen molar-refractivity contribution in [3.63, 3.8) is 0 Å². The van der Waals surface area contributed by atoms with E-state index < -0.39 is 83.2 Å². The molecule has 8 atom stereocenters. The molecule has 6 unspecified atom stereocenters. The maximum atomic E-state index is 12.6. The van der Waals surface area contributed by atoms with Crippen molar-refractivity contribution in [3.05, 3.63) is 26.2 Å². The fourth-order valence-corrected chi connectivity index (χ4v) is 7.72. The number of aliphatic carboxylic acids is 2. The van der Waals surface area contributed by atoms with Gasteiger partial charge in [-0.05, 0) is 135 Å². The van der Waals surface area contributed by atoms with E-state index in [1.54, 1.807) is 13.8 Å². The zero-order valence-corrected chi connectivity index (χ0v) is 58.3. The van der Waals surface area contributed by atoms with Gasteiger partial charge in [0.25, 0.3) is 0 Å². The summed E-state index contributed by atoms with van der Waals surface area (Å²) < 4.78 is 9.79. The molecule has 0 aliphatic heterocycles. The molecule has 0 rings (SSSR count). The zero-order chi connectivity index (χ0) is 76.0. The number of methoxy groups -OCH3 is 2. The van der Waals surface area contributed by atoms with Gasteiger partial charge < -0.3 is 68.8 Å². The molecule has 0 saturated heterocycles. The van der Waals surface area contributed by atoms with Crippen LogP contribution in [0.1, 0.15) is 119 Å². The second-order valence-electron chi connectivity index (χ2n) is 19.9. The van der Waals surface area contributed by atoms with Crippen LogP contribution in [0.5, 0.6) is 0 Å². The number of ether oxygens (including phenoxy) is 2. The third-order valence-electron chi connectivity index (χ3n) is 12.3. The Hall–Kier alpha value is -13.3. The zero-order valence-electron chi connectivity index (χ0n) is 57.3. The average molecular weight is 1420 g/mol. The molecule has 0 aliphatic carbocycles. The molecule has 0 aromatic carbocycles. The SMILES string of the molecule is CC#CC#CC#CC#CC#CC#CC#CC#CC#CC#CC#CN=NOC(=O)C[C@@](C)(CC(CC([C-]N)CC([C-]N)CCC)C(=O)OC)C(=O)O.CC#CC#CC#CC#CC#CC#CC#CC#CC#CC#CC#CN=NOC(=O)C[C@](C)(CC(CC([C-]N)CC([C-]N)CCC)C(=O)OC)C(=O)O.[Cu]. The molecular weight excluding hydrogens is 1350 g/mol. The average Bonchev–Trinajstić information content (AvgIpc) is 0.842. The van der Waals surface area contributed by atoms with Gasteiger partial charge in [-0.15, -0.1) is 12.8 Å². The number of carboxylic acids is 2. The molecule has 0 heterocycles. The standard InChI is InChI=1S/2C41H32N4O6.Cu/c2*1-5-7-8-9-10-11-12-13-14-15-16-17-18-19-20-21-22-23-24-25-26-28-44-45-51-38(46)32-41(3,40(48)49)31-37(39(47)50-4)30-36(34-43)29-35(33-42)27-6-2;/h2*35-37H,6,27,29-32,42-43H2,1-4H3,(H,48,49);/q2*-2;/t2*35?,36?,37?,41-;/m10./s1. The summed E-state index contributed by atoms with van der Waals surface area (Å²) in [6, 6.07) is 4.33. The van der Waals surface area contributed by atoms with Gasteiger partial charge in [-0.3, -0.25) is 28.9 Å². The number of hydrogen-bond acceptors (Lipinski definition) is 18. The largest absolute Gasteiger partial charge is 0.508 e. The Bertz CT molecular complexity index is 4280. The summed E-state index contributed by atoms with van der Waals surface area (Å²) in [5, 5.41) is 32.9. The molecule has 21 heteroatoms. The summed E-state index contributed by atoms with van der Waals surface area (Å²) in [5.74, 6) is 94.9. The number of hydrogen-bond donors (Lipinski definition) is 6. The van der Waals surface area contributed by atoms with Gasteiger partial charge >= 0.3 is 35.8 Å². The molecule has 0 aromatic heterocycles. The predicted octanol–water partition coefficient (Wildman–Crippen LogP) is 4.76. The van der Waals surface area contributed by atoms with Crippen molar-refractivity contribution < 1.29 is 75.2 Å². The van der Waals surface area contributed by atoms with Gasteiger partial charge in [-0.25, -0.2) is 9.59 Å². The molecule has 5 radical (unpaired) electrons.